The second-order valence-electron chi connectivity index (χ2n) is 3.49. The summed E-state index contributed by atoms with van der Waals surface area (Å²) in [6.07, 6.45) is -1.06. The van der Waals surface area contributed by atoms with Crippen LogP contribution in [0.1, 0.15) is 17.4 Å². The van der Waals surface area contributed by atoms with Gasteiger partial charge in [0.2, 0.25) is 6.29 Å². The van der Waals surface area contributed by atoms with E-state index < -0.39 is 6.29 Å². The zero-order valence-corrected chi connectivity index (χ0v) is 9.08. The van der Waals surface area contributed by atoms with Gasteiger partial charge in [0.25, 0.3) is 0 Å². The van der Waals surface area contributed by atoms with Gasteiger partial charge in [-0.1, -0.05) is 42.5 Å². The standard InChI is InChI=1S/C14H11NO2/c15-10-12-8-4-5-9-13(12)17-14(16)11-6-2-1-3-7-11/h1-9,14,16H. The third-order valence-electron chi connectivity index (χ3n) is 2.33. The molecular weight excluding hydrogens is 214 g/mol. The van der Waals surface area contributed by atoms with Crippen LogP contribution in [0.2, 0.25) is 0 Å². The Morgan fingerprint density at radius 2 is 1.65 bits per heavy atom. The number of hydrogen-bond acceptors (Lipinski definition) is 3. The number of nitriles is 1. The summed E-state index contributed by atoms with van der Waals surface area (Å²) in [6.45, 7) is 0. The van der Waals surface area contributed by atoms with Crippen molar-refractivity contribution < 1.29 is 9.84 Å². The van der Waals surface area contributed by atoms with Crippen LogP contribution in [-0.4, -0.2) is 5.11 Å². The third kappa shape index (κ3) is 2.63. The highest BCUT2D eigenvalue weighted by molar-refractivity contribution is 5.42. The van der Waals surface area contributed by atoms with Gasteiger partial charge in [0, 0.05) is 5.56 Å². The molecule has 0 spiro atoms. The van der Waals surface area contributed by atoms with E-state index in [1.807, 2.05) is 24.3 Å². The van der Waals surface area contributed by atoms with E-state index in [1.165, 1.54) is 0 Å². The first-order valence-corrected chi connectivity index (χ1v) is 5.20. The first kappa shape index (κ1) is 11.2. The Morgan fingerprint density at radius 3 is 2.35 bits per heavy atom. The van der Waals surface area contributed by atoms with Crippen LogP contribution >= 0.6 is 0 Å². The van der Waals surface area contributed by atoms with E-state index >= 15 is 0 Å². The normalized spacial score (nSPS) is 11.5. The lowest BCUT2D eigenvalue weighted by atomic mass is 10.2. The van der Waals surface area contributed by atoms with Crippen molar-refractivity contribution in [3.05, 3.63) is 65.7 Å². The Labute approximate surface area is 99.5 Å². The Hall–Kier alpha value is -2.31. The minimum Gasteiger partial charge on any atom is -0.459 e. The van der Waals surface area contributed by atoms with E-state index in [9.17, 15) is 5.11 Å². The molecule has 2 aromatic rings. The lowest BCUT2D eigenvalue weighted by Gasteiger charge is -2.14. The molecule has 1 N–H and O–H groups in total. The first-order valence-electron chi connectivity index (χ1n) is 5.20. The topological polar surface area (TPSA) is 53.2 Å². The monoisotopic (exact) mass is 225 g/mol. The van der Waals surface area contributed by atoms with Crippen molar-refractivity contribution in [1.82, 2.24) is 0 Å². The van der Waals surface area contributed by atoms with Crippen molar-refractivity contribution in [2.75, 3.05) is 0 Å². The van der Waals surface area contributed by atoms with Gasteiger partial charge in [-0.2, -0.15) is 5.26 Å². The molecule has 0 aliphatic heterocycles. The van der Waals surface area contributed by atoms with Gasteiger partial charge in [-0.25, -0.2) is 0 Å². The van der Waals surface area contributed by atoms with E-state index in [2.05, 4.69) is 0 Å². The van der Waals surface area contributed by atoms with Crippen LogP contribution in [0.25, 0.3) is 0 Å². The third-order valence-corrected chi connectivity index (χ3v) is 2.33. The van der Waals surface area contributed by atoms with E-state index in [1.54, 1.807) is 36.4 Å². The largest absolute Gasteiger partial charge is 0.459 e. The second kappa shape index (κ2) is 5.15. The fourth-order valence-electron chi connectivity index (χ4n) is 1.47. The highest BCUT2D eigenvalue weighted by Gasteiger charge is 2.10. The van der Waals surface area contributed by atoms with Gasteiger partial charge in [-0.05, 0) is 12.1 Å². The van der Waals surface area contributed by atoms with Gasteiger partial charge in [0.15, 0.2) is 0 Å². The molecule has 2 rings (SSSR count). The molecule has 1 atom stereocenters. The van der Waals surface area contributed by atoms with Crippen LogP contribution in [-0.2, 0) is 0 Å². The molecule has 0 aliphatic rings. The van der Waals surface area contributed by atoms with Crippen molar-refractivity contribution >= 4 is 0 Å². The molecular formula is C14H11NO2. The molecule has 17 heavy (non-hydrogen) atoms. The molecule has 84 valence electrons. The fourth-order valence-corrected chi connectivity index (χ4v) is 1.47. The Morgan fingerprint density at radius 1 is 1.00 bits per heavy atom. The first-order chi connectivity index (χ1) is 8.31. The number of nitrogens with zero attached hydrogens (tertiary/aromatic N) is 1. The van der Waals surface area contributed by atoms with Gasteiger partial charge in [0.05, 0.1) is 5.56 Å². The summed E-state index contributed by atoms with van der Waals surface area (Å²) >= 11 is 0. The molecule has 0 saturated heterocycles. The van der Waals surface area contributed by atoms with Crippen LogP contribution in [0, 0.1) is 11.3 Å². The van der Waals surface area contributed by atoms with E-state index in [4.69, 9.17) is 10.00 Å². The van der Waals surface area contributed by atoms with E-state index in [0.29, 0.717) is 16.9 Å². The van der Waals surface area contributed by atoms with Crippen LogP contribution < -0.4 is 4.74 Å². The maximum Gasteiger partial charge on any atom is 0.224 e. The molecule has 0 aliphatic carbocycles. The summed E-state index contributed by atoms with van der Waals surface area (Å²) in [6, 6.07) is 17.9. The molecule has 1 unspecified atom stereocenters. The molecule has 0 heterocycles. The van der Waals surface area contributed by atoms with Crippen LogP contribution in [0.3, 0.4) is 0 Å². The van der Waals surface area contributed by atoms with Crippen LogP contribution in [0.5, 0.6) is 5.75 Å². The number of benzene rings is 2. The minimum atomic E-state index is -1.06. The Bertz CT molecular complexity index is 531. The molecule has 0 saturated carbocycles. The van der Waals surface area contributed by atoms with Gasteiger partial charge in [-0.15, -0.1) is 0 Å². The van der Waals surface area contributed by atoms with Crippen LogP contribution in [0.15, 0.2) is 54.6 Å². The Balaban J connectivity index is 2.19. The Kier molecular flexibility index (Phi) is 3.39. The summed E-state index contributed by atoms with van der Waals surface area (Å²) in [5.41, 5.74) is 1.06. The second-order valence-corrected chi connectivity index (χ2v) is 3.49. The van der Waals surface area contributed by atoms with Gasteiger partial charge in [0.1, 0.15) is 11.8 Å². The summed E-state index contributed by atoms with van der Waals surface area (Å²) in [5, 5.41) is 18.8. The highest BCUT2D eigenvalue weighted by Crippen LogP contribution is 2.23. The lowest BCUT2D eigenvalue weighted by molar-refractivity contribution is -0.0196. The van der Waals surface area contributed by atoms with E-state index in [-0.39, 0.29) is 0 Å². The number of aliphatic hydroxyl groups is 1. The van der Waals surface area contributed by atoms with Crippen molar-refractivity contribution in [3.8, 4) is 11.8 Å². The average molecular weight is 225 g/mol. The number of aliphatic hydroxyl groups excluding tert-OH is 1. The minimum absolute atomic E-state index is 0.381. The summed E-state index contributed by atoms with van der Waals surface area (Å²) in [7, 11) is 0. The summed E-state index contributed by atoms with van der Waals surface area (Å²) < 4.78 is 5.36. The highest BCUT2D eigenvalue weighted by atomic mass is 16.6. The quantitative estimate of drug-likeness (QED) is 0.817. The van der Waals surface area contributed by atoms with Gasteiger partial charge in [-0.3, -0.25) is 0 Å². The molecule has 0 bridgehead atoms. The smallest absolute Gasteiger partial charge is 0.224 e. The SMILES string of the molecule is N#Cc1ccccc1OC(O)c1ccccc1. The molecule has 0 amide bonds. The molecule has 3 nitrogen and oxygen atoms in total. The molecule has 3 heteroatoms. The lowest BCUT2D eigenvalue weighted by Crippen LogP contribution is -2.06. The van der Waals surface area contributed by atoms with Crippen LogP contribution in [0.4, 0.5) is 0 Å². The number of para-hydroxylation sites is 1. The number of ether oxygens (including phenoxy) is 1. The molecule has 0 fully saturated rings. The number of rotatable bonds is 3. The predicted octanol–water partition coefficient (Wildman–Crippen LogP) is 2.63. The fraction of sp³-hybridized carbons (Fsp3) is 0.0714. The summed E-state index contributed by atoms with van der Waals surface area (Å²) in [5.74, 6) is 0.381. The maximum absolute atomic E-state index is 9.86. The maximum atomic E-state index is 9.86. The average Bonchev–Trinajstić information content (AvgIpc) is 2.40. The zero-order chi connectivity index (χ0) is 12.1. The van der Waals surface area contributed by atoms with Crippen molar-refractivity contribution in [2.45, 2.75) is 6.29 Å². The van der Waals surface area contributed by atoms with Gasteiger partial charge >= 0.3 is 0 Å². The summed E-state index contributed by atoms with van der Waals surface area (Å²) in [4.78, 5) is 0. The predicted molar refractivity (Wildman–Crippen MR) is 63.2 cm³/mol. The zero-order valence-electron chi connectivity index (χ0n) is 9.08. The van der Waals surface area contributed by atoms with Crippen molar-refractivity contribution in [3.63, 3.8) is 0 Å². The van der Waals surface area contributed by atoms with E-state index in [0.717, 1.165) is 0 Å². The van der Waals surface area contributed by atoms with Crippen molar-refractivity contribution in [2.24, 2.45) is 0 Å². The molecule has 0 radical (unpaired) electrons. The number of hydrogen-bond donors (Lipinski definition) is 1. The van der Waals surface area contributed by atoms with Gasteiger partial charge < -0.3 is 9.84 Å². The van der Waals surface area contributed by atoms with Crippen molar-refractivity contribution in [1.29, 1.82) is 5.26 Å². The molecule has 0 aromatic heterocycles. The molecule has 2 aromatic carbocycles.